The van der Waals surface area contributed by atoms with Crippen LogP contribution in [0.3, 0.4) is 0 Å². The minimum Gasteiger partial charge on any atom is -0.457 e. The molecule has 1 amide bonds. The predicted molar refractivity (Wildman–Crippen MR) is 134 cm³/mol. The van der Waals surface area contributed by atoms with Crippen LogP contribution in [0.1, 0.15) is 62.6 Å². The molecule has 7 nitrogen and oxygen atoms in total. The Hall–Kier alpha value is -3.22. The van der Waals surface area contributed by atoms with Gasteiger partial charge in [-0.2, -0.15) is 0 Å². The number of benzene rings is 2. The van der Waals surface area contributed by atoms with Gasteiger partial charge in [0.15, 0.2) is 0 Å². The van der Waals surface area contributed by atoms with Gasteiger partial charge in [0.05, 0.1) is 6.10 Å². The second-order valence-corrected chi connectivity index (χ2v) is 10.4. The summed E-state index contributed by atoms with van der Waals surface area (Å²) < 4.78 is 21.5. The molecular formula is C29H35NO6. The second-order valence-electron chi connectivity index (χ2n) is 10.4. The number of ether oxygens (including phenoxy) is 4. The van der Waals surface area contributed by atoms with E-state index in [1.807, 2.05) is 41.3 Å². The van der Waals surface area contributed by atoms with Crippen LogP contribution in [0.15, 0.2) is 48.5 Å². The van der Waals surface area contributed by atoms with Crippen LogP contribution in [0.2, 0.25) is 0 Å². The molecule has 3 atom stereocenters. The number of amides is 1. The van der Waals surface area contributed by atoms with E-state index < -0.39 is 6.16 Å². The molecule has 192 valence electrons. The first kappa shape index (κ1) is 24.5. The van der Waals surface area contributed by atoms with Crippen molar-refractivity contribution in [2.24, 2.45) is 5.92 Å². The molecule has 2 fully saturated rings. The van der Waals surface area contributed by atoms with Crippen molar-refractivity contribution in [2.75, 3.05) is 13.3 Å². The smallest absolute Gasteiger partial charge is 0.457 e. The minimum absolute atomic E-state index is 0.0451. The Kier molecular flexibility index (Phi) is 7.08. The lowest BCUT2D eigenvalue weighted by molar-refractivity contribution is -0.0153. The normalized spacial score (nSPS) is 24.4. The van der Waals surface area contributed by atoms with Crippen LogP contribution in [0.4, 0.5) is 9.59 Å². The maximum absolute atomic E-state index is 13.2. The van der Waals surface area contributed by atoms with Crippen LogP contribution >= 0.6 is 0 Å². The highest BCUT2D eigenvalue weighted by Crippen LogP contribution is 2.56. The van der Waals surface area contributed by atoms with Crippen LogP contribution in [0.5, 0.6) is 5.75 Å². The van der Waals surface area contributed by atoms with Gasteiger partial charge in [-0.05, 0) is 74.3 Å². The van der Waals surface area contributed by atoms with Crippen molar-refractivity contribution in [2.45, 2.75) is 76.5 Å². The lowest BCUT2D eigenvalue weighted by atomic mass is 9.52. The van der Waals surface area contributed by atoms with Crippen molar-refractivity contribution >= 4 is 12.2 Å². The van der Waals surface area contributed by atoms with Gasteiger partial charge in [-0.3, -0.25) is 0 Å². The molecule has 2 aromatic rings. The number of nitrogens with zero attached hydrogens (tertiary/aromatic N) is 1. The third-order valence-electron chi connectivity index (χ3n) is 7.98. The Morgan fingerprint density at radius 1 is 1.06 bits per heavy atom. The summed E-state index contributed by atoms with van der Waals surface area (Å²) in [6.45, 7) is 4.34. The molecule has 1 heterocycles. The molecule has 2 aromatic carbocycles. The van der Waals surface area contributed by atoms with Crippen molar-refractivity contribution in [1.82, 2.24) is 4.90 Å². The summed E-state index contributed by atoms with van der Waals surface area (Å²) in [5.74, 6) is 1.09. The zero-order valence-electron chi connectivity index (χ0n) is 21.1. The highest BCUT2D eigenvalue weighted by molar-refractivity contribution is 5.69. The maximum atomic E-state index is 13.2. The number of piperidine rings is 1. The first-order valence-corrected chi connectivity index (χ1v) is 13.0. The third-order valence-corrected chi connectivity index (χ3v) is 7.98. The van der Waals surface area contributed by atoms with E-state index in [1.165, 1.54) is 24.0 Å². The van der Waals surface area contributed by atoms with Gasteiger partial charge in [0.25, 0.3) is 0 Å². The lowest BCUT2D eigenvalue weighted by Crippen LogP contribution is -2.62. The van der Waals surface area contributed by atoms with Gasteiger partial charge in [-0.15, -0.1) is 0 Å². The molecule has 1 aliphatic heterocycles. The number of hydrogen-bond acceptors (Lipinski definition) is 6. The first-order valence-electron chi connectivity index (χ1n) is 13.0. The van der Waals surface area contributed by atoms with E-state index >= 15 is 0 Å². The summed E-state index contributed by atoms with van der Waals surface area (Å²) in [7, 11) is 0. The number of carbonyl (C=O) groups excluding carboxylic acids is 2. The Labute approximate surface area is 212 Å². The van der Waals surface area contributed by atoms with Crippen LogP contribution in [0.25, 0.3) is 0 Å². The lowest BCUT2D eigenvalue weighted by Gasteiger charge is -2.58. The highest BCUT2D eigenvalue weighted by Gasteiger charge is 2.55. The first-order chi connectivity index (χ1) is 17.5. The van der Waals surface area contributed by atoms with Crippen LogP contribution in [0, 0.1) is 5.92 Å². The Bertz CT molecular complexity index is 1090. The third kappa shape index (κ3) is 4.88. The van der Waals surface area contributed by atoms with Crippen molar-refractivity contribution in [3.63, 3.8) is 0 Å². The molecule has 0 spiro atoms. The SMILES string of the molecule is CC(C)OC(=O)OCOc1ccc2c(c1)[C@@]13CCCC[C@H]1[C@@H](C2)N(C(=O)OCc1ccccc1)CC3. The zero-order valence-corrected chi connectivity index (χ0v) is 21.1. The summed E-state index contributed by atoms with van der Waals surface area (Å²) in [6.07, 6.45) is 5.17. The largest absolute Gasteiger partial charge is 0.511 e. The fourth-order valence-corrected chi connectivity index (χ4v) is 6.48. The Balaban J connectivity index is 1.31. The van der Waals surface area contributed by atoms with E-state index in [0.29, 0.717) is 24.8 Å². The Morgan fingerprint density at radius 2 is 1.89 bits per heavy atom. The molecule has 1 saturated heterocycles. The topological polar surface area (TPSA) is 74.3 Å². The number of carbonyl (C=O) groups is 2. The van der Waals surface area contributed by atoms with Crippen molar-refractivity contribution in [1.29, 1.82) is 0 Å². The monoisotopic (exact) mass is 493 g/mol. The van der Waals surface area contributed by atoms with Crippen LogP contribution < -0.4 is 4.74 Å². The number of hydrogen-bond donors (Lipinski definition) is 0. The van der Waals surface area contributed by atoms with Gasteiger partial charge in [0.1, 0.15) is 12.4 Å². The molecular weight excluding hydrogens is 458 g/mol. The zero-order chi connectivity index (χ0) is 25.1. The van der Waals surface area contributed by atoms with Gasteiger partial charge >= 0.3 is 12.2 Å². The maximum Gasteiger partial charge on any atom is 0.511 e. The predicted octanol–water partition coefficient (Wildman–Crippen LogP) is 5.98. The summed E-state index contributed by atoms with van der Waals surface area (Å²) in [5.41, 5.74) is 3.65. The average Bonchev–Trinajstić information content (AvgIpc) is 2.88. The van der Waals surface area contributed by atoms with Gasteiger partial charge < -0.3 is 23.8 Å². The summed E-state index contributed by atoms with van der Waals surface area (Å²) in [4.78, 5) is 26.8. The van der Waals surface area contributed by atoms with Crippen LogP contribution in [-0.2, 0) is 32.7 Å². The van der Waals surface area contributed by atoms with E-state index in [4.69, 9.17) is 18.9 Å². The summed E-state index contributed by atoms with van der Waals surface area (Å²) >= 11 is 0. The molecule has 7 heteroatoms. The number of likely N-dealkylation sites (tertiary alicyclic amines) is 1. The van der Waals surface area contributed by atoms with Crippen molar-refractivity contribution < 1.29 is 28.5 Å². The summed E-state index contributed by atoms with van der Waals surface area (Å²) in [5, 5.41) is 0. The molecule has 5 rings (SSSR count). The second kappa shape index (κ2) is 10.4. The van der Waals surface area contributed by atoms with E-state index in [2.05, 4.69) is 12.1 Å². The van der Waals surface area contributed by atoms with Gasteiger partial charge in [-0.25, -0.2) is 9.59 Å². The molecule has 0 unspecified atom stereocenters. The van der Waals surface area contributed by atoms with E-state index in [0.717, 1.165) is 31.2 Å². The molecule has 3 aliphatic rings. The standard InChI is InChI=1S/C29H35NO6/c1-20(2)36-28(32)35-19-34-23-12-11-22-16-26-24-10-6-7-13-29(24,25(22)17-23)14-15-30(26)27(31)33-18-21-8-4-3-5-9-21/h3-5,8-9,11-12,17,20,24,26H,6-7,10,13-16,18-19H2,1-2H3/t24-,26+,29+/m0/s1. The van der Waals surface area contributed by atoms with E-state index in [-0.39, 0.29) is 30.4 Å². The number of rotatable bonds is 6. The average molecular weight is 494 g/mol. The highest BCUT2D eigenvalue weighted by atomic mass is 16.8. The summed E-state index contributed by atoms with van der Waals surface area (Å²) in [6, 6.07) is 16.1. The molecule has 2 aliphatic carbocycles. The fraction of sp³-hybridized carbons (Fsp3) is 0.517. The van der Waals surface area contributed by atoms with E-state index in [9.17, 15) is 9.59 Å². The van der Waals surface area contributed by atoms with Gasteiger partial charge in [0, 0.05) is 18.0 Å². The van der Waals surface area contributed by atoms with E-state index in [1.54, 1.807) is 13.8 Å². The van der Waals surface area contributed by atoms with Gasteiger partial charge in [-0.1, -0.05) is 49.2 Å². The molecule has 36 heavy (non-hydrogen) atoms. The molecule has 2 bridgehead atoms. The molecule has 0 N–H and O–H groups in total. The molecule has 1 saturated carbocycles. The minimum atomic E-state index is -0.733. The van der Waals surface area contributed by atoms with Crippen molar-refractivity contribution in [3.05, 3.63) is 65.2 Å². The molecule has 0 radical (unpaired) electrons. The Morgan fingerprint density at radius 3 is 2.69 bits per heavy atom. The fourth-order valence-electron chi connectivity index (χ4n) is 6.48. The number of fused-ring (bicyclic) bond motifs is 1. The molecule has 0 aromatic heterocycles. The quantitative estimate of drug-likeness (QED) is 0.364. The van der Waals surface area contributed by atoms with Crippen molar-refractivity contribution in [3.8, 4) is 5.75 Å². The van der Waals surface area contributed by atoms with Gasteiger partial charge in [0.2, 0.25) is 6.79 Å². The van der Waals surface area contributed by atoms with Crippen LogP contribution in [-0.4, -0.2) is 42.6 Å².